The summed E-state index contributed by atoms with van der Waals surface area (Å²) >= 11 is 0. The Balaban J connectivity index is 2.03. The van der Waals surface area contributed by atoms with Gasteiger partial charge in [-0.25, -0.2) is 0 Å². The molecule has 2 rings (SSSR count). The molecule has 2 heteroatoms. The summed E-state index contributed by atoms with van der Waals surface area (Å²) < 4.78 is 0. The first-order valence-electron chi connectivity index (χ1n) is 6.77. The normalized spacial score (nSPS) is 24.9. The van der Waals surface area contributed by atoms with Crippen LogP contribution in [-0.2, 0) is 0 Å². The second kappa shape index (κ2) is 6.18. The standard InChI is InChI=1S/C15H24N2/c1-13-11-16-9-6-10-17(12-13)14(2)15-7-4-3-5-8-15/h3-5,7-8,13-14,16H,6,9-12H2,1-2H3. The van der Waals surface area contributed by atoms with Gasteiger partial charge in [0, 0.05) is 12.6 Å². The highest BCUT2D eigenvalue weighted by atomic mass is 15.2. The number of hydrogen-bond donors (Lipinski definition) is 1. The van der Waals surface area contributed by atoms with Crippen molar-refractivity contribution < 1.29 is 0 Å². The zero-order valence-electron chi connectivity index (χ0n) is 11.0. The topological polar surface area (TPSA) is 15.3 Å². The molecule has 0 amide bonds. The van der Waals surface area contributed by atoms with E-state index in [1.807, 2.05) is 0 Å². The van der Waals surface area contributed by atoms with Gasteiger partial charge in [0.2, 0.25) is 0 Å². The average molecular weight is 232 g/mol. The second-order valence-corrected chi connectivity index (χ2v) is 5.24. The molecule has 94 valence electrons. The smallest absolute Gasteiger partial charge is 0.0320 e. The molecule has 1 heterocycles. The van der Waals surface area contributed by atoms with Crippen LogP contribution < -0.4 is 5.32 Å². The monoisotopic (exact) mass is 232 g/mol. The summed E-state index contributed by atoms with van der Waals surface area (Å²) in [6.45, 7) is 9.37. The number of benzene rings is 1. The summed E-state index contributed by atoms with van der Waals surface area (Å²) in [5.41, 5.74) is 1.44. The van der Waals surface area contributed by atoms with Gasteiger partial charge in [-0.3, -0.25) is 4.90 Å². The molecule has 1 N–H and O–H groups in total. The van der Waals surface area contributed by atoms with Crippen molar-refractivity contribution >= 4 is 0 Å². The molecule has 1 saturated heterocycles. The Labute approximate surface area is 105 Å². The Hall–Kier alpha value is -0.860. The van der Waals surface area contributed by atoms with E-state index >= 15 is 0 Å². The largest absolute Gasteiger partial charge is 0.316 e. The Morgan fingerprint density at radius 1 is 1.29 bits per heavy atom. The van der Waals surface area contributed by atoms with Crippen molar-refractivity contribution in [2.24, 2.45) is 5.92 Å². The summed E-state index contributed by atoms with van der Waals surface area (Å²) in [7, 11) is 0. The molecule has 0 bridgehead atoms. The quantitative estimate of drug-likeness (QED) is 0.843. The maximum atomic E-state index is 3.51. The molecule has 1 aliphatic heterocycles. The highest BCUT2D eigenvalue weighted by Gasteiger charge is 2.19. The first-order chi connectivity index (χ1) is 8.27. The van der Waals surface area contributed by atoms with Gasteiger partial charge in [-0.2, -0.15) is 0 Å². The van der Waals surface area contributed by atoms with Gasteiger partial charge >= 0.3 is 0 Å². The first kappa shape index (κ1) is 12.6. The van der Waals surface area contributed by atoms with Crippen LogP contribution >= 0.6 is 0 Å². The lowest BCUT2D eigenvalue weighted by molar-refractivity contribution is 0.167. The maximum absolute atomic E-state index is 3.51. The summed E-state index contributed by atoms with van der Waals surface area (Å²) in [4.78, 5) is 2.63. The van der Waals surface area contributed by atoms with Crippen LogP contribution in [0.5, 0.6) is 0 Å². The lowest BCUT2D eigenvalue weighted by Crippen LogP contribution is -2.39. The van der Waals surface area contributed by atoms with Crippen molar-refractivity contribution in [1.82, 2.24) is 10.2 Å². The fourth-order valence-electron chi connectivity index (χ4n) is 2.61. The molecular formula is C15H24N2. The zero-order chi connectivity index (χ0) is 12.1. The lowest BCUT2D eigenvalue weighted by atomic mass is 10.0. The van der Waals surface area contributed by atoms with Crippen molar-refractivity contribution in [1.29, 1.82) is 0 Å². The fraction of sp³-hybridized carbons (Fsp3) is 0.600. The third-order valence-corrected chi connectivity index (χ3v) is 3.67. The van der Waals surface area contributed by atoms with Gasteiger partial charge in [-0.05, 0) is 44.5 Å². The molecule has 2 atom stereocenters. The fourth-order valence-corrected chi connectivity index (χ4v) is 2.61. The van der Waals surface area contributed by atoms with Crippen LogP contribution in [0.1, 0.15) is 31.9 Å². The number of nitrogens with zero attached hydrogens (tertiary/aromatic N) is 1. The van der Waals surface area contributed by atoms with Crippen LogP contribution in [0.4, 0.5) is 0 Å². The predicted molar refractivity (Wildman–Crippen MR) is 73.1 cm³/mol. The van der Waals surface area contributed by atoms with Crippen molar-refractivity contribution in [3.63, 3.8) is 0 Å². The first-order valence-corrected chi connectivity index (χ1v) is 6.77. The molecule has 0 saturated carbocycles. The Morgan fingerprint density at radius 2 is 2.06 bits per heavy atom. The molecule has 2 unspecified atom stereocenters. The molecular weight excluding hydrogens is 208 g/mol. The van der Waals surface area contributed by atoms with E-state index in [2.05, 4.69) is 54.4 Å². The van der Waals surface area contributed by atoms with E-state index in [-0.39, 0.29) is 0 Å². The molecule has 1 aromatic rings. The van der Waals surface area contributed by atoms with E-state index in [9.17, 15) is 0 Å². The predicted octanol–water partition coefficient (Wildman–Crippen LogP) is 2.68. The molecule has 0 radical (unpaired) electrons. The van der Waals surface area contributed by atoms with Crippen molar-refractivity contribution in [3.05, 3.63) is 35.9 Å². The van der Waals surface area contributed by atoms with Gasteiger partial charge in [-0.1, -0.05) is 37.3 Å². The molecule has 17 heavy (non-hydrogen) atoms. The van der Waals surface area contributed by atoms with Crippen LogP contribution in [0.3, 0.4) is 0 Å². The average Bonchev–Trinajstić information content (AvgIpc) is 2.34. The van der Waals surface area contributed by atoms with E-state index in [1.54, 1.807) is 0 Å². The van der Waals surface area contributed by atoms with Crippen LogP contribution in [-0.4, -0.2) is 31.1 Å². The van der Waals surface area contributed by atoms with Crippen LogP contribution in [0.2, 0.25) is 0 Å². The highest BCUT2D eigenvalue weighted by Crippen LogP contribution is 2.21. The molecule has 1 aromatic carbocycles. The minimum atomic E-state index is 0.539. The van der Waals surface area contributed by atoms with Crippen LogP contribution in [0.25, 0.3) is 0 Å². The third-order valence-electron chi connectivity index (χ3n) is 3.67. The summed E-state index contributed by atoms with van der Waals surface area (Å²) in [5.74, 6) is 0.737. The van der Waals surface area contributed by atoms with E-state index in [0.717, 1.165) is 19.0 Å². The minimum absolute atomic E-state index is 0.539. The SMILES string of the molecule is CC1CNCCCN(C(C)c2ccccc2)C1. The molecule has 2 nitrogen and oxygen atoms in total. The maximum Gasteiger partial charge on any atom is 0.0320 e. The van der Waals surface area contributed by atoms with Crippen molar-refractivity contribution in [3.8, 4) is 0 Å². The van der Waals surface area contributed by atoms with Gasteiger partial charge in [0.05, 0.1) is 0 Å². The Kier molecular flexibility index (Phi) is 4.57. The van der Waals surface area contributed by atoms with Gasteiger partial charge in [0.15, 0.2) is 0 Å². The summed E-state index contributed by atoms with van der Waals surface area (Å²) in [6, 6.07) is 11.4. The van der Waals surface area contributed by atoms with E-state index in [4.69, 9.17) is 0 Å². The number of rotatable bonds is 2. The Bertz CT molecular complexity index is 323. The van der Waals surface area contributed by atoms with Gasteiger partial charge in [0.1, 0.15) is 0 Å². The highest BCUT2D eigenvalue weighted by molar-refractivity contribution is 5.18. The van der Waals surface area contributed by atoms with Gasteiger partial charge in [0.25, 0.3) is 0 Å². The molecule has 1 aliphatic rings. The molecule has 0 aliphatic carbocycles. The zero-order valence-corrected chi connectivity index (χ0v) is 11.0. The number of nitrogens with one attached hydrogen (secondary N) is 1. The van der Waals surface area contributed by atoms with E-state index in [1.165, 1.54) is 25.1 Å². The van der Waals surface area contributed by atoms with Crippen LogP contribution in [0.15, 0.2) is 30.3 Å². The van der Waals surface area contributed by atoms with Crippen molar-refractivity contribution in [2.45, 2.75) is 26.3 Å². The van der Waals surface area contributed by atoms with Crippen LogP contribution in [0, 0.1) is 5.92 Å². The molecule has 0 aromatic heterocycles. The van der Waals surface area contributed by atoms with Crippen molar-refractivity contribution in [2.75, 3.05) is 26.2 Å². The van der Waals surface area contributed by atoms with Gasteiger partial charge in [-0.15, -0.1) is 0 Å². The van der Waals surface area contributed by atoms with E-state index in [0.29, 0.717) is 6.04 Å². The molecule has 0 spiro atoms. The van der Waals surface area contributed by atoms with E-state index < -0.39 is 0 Å². The summed E-state index contributed by atoms with van der Waals surface area (Å²) in [5, 5.41) is 3.51. The lowest BCUT2D eigenvalue weighted by Gasteiger charge is -2.33. The Morgan fingerprint density at radius 3 is 2.82 bits per heavy atom. The summed E-state index contributed by atoms with van der Waals surface area (Å²) in [6.07, 6.45) is 1.25. The van der Waals surface area contributed by atoms with Gasteiger partial charge < -0.3 is 5.32 Å². The number of hydrogen-bond acceptors (Lipinski definition) is 2. The second-order valence-electron chi connectivity index (χ2n) is 5.24. The minimum Gasteiger partial charge on any atom is -0.316 e. The molecule has 1 fully saturated rings. The third kappa shape index (κ3) is 3.55.